The summed E-state index contributed by atoms with van der Waals surface area (Å²) in [5.41, 5.74) is 4.82. The summed E-state index contributed by atoms with van der Waals surface area (Å²) in [4.78, 5) is 34.6. The van der Waals surface area contributed by atoms with Crippen LogP contribution in [0.15, 0.2) is 66.7 Å². The largest absolute Gasteiger partial charge is 0.490 e. The van der Waals surface area contributed by atoms with Crippen LogP contribution < -0.4 is 14.8 Å². The van der Waals surface area contributed by atoms with Crippen LogP contribution in [0, 0.1) is 0 Å². The number of piperazine rings is 1. The molecular formula is C35H42N4O4. The molecule has 0 saturated carbocycles. The number of amides is 2. The van der Waals surface area contributed by atoms with Gasteiger partial charge in [0.25, 0.3) is 5.91 Å². The lowest BCUT2D eigenvalue weighted by atomic mass is 9.75. The molecule has 1 N–H and O–H groups in total. The first-order chi connectivity index (χ1) is 21.1. The molecule has 0 aromatic heterocycles. The molecule has 3 aliphatic heterocycles. The van der Waals surface area contributed by atoms with Crippen LogP contribution in [0.5, 0.6) is 11.5 Å². The van der Waals surface area contributed by atoms with Crippen molar-refractivity contribution in [1.82, 2.24) is 20.0 Å². The quantitative estimate of drug-likeness (QED) is 0.385. The summed E-state index contributed by atoms with van der Waals surface area (Å²) in [5.74, 6) is 0.793. The topological polar surface area (TPSA) is 74.4 Å². The van der Waals surface area contributed by atoms with E-state index in [1.54, 1.807) is 0 Å². The first-order valence-corrected chi connectivity index (χ1v) is 15.7. The molecule has 0 bridgehead atoms. The zero-order valence-corrected chi connectivity index (χ0v) is 25.3. The number of fused-ring (bicyclic) bond motifs is 4. The monoisotopic (exact) mass is 582 g/mol. The molecular weight excluding hydrogens is 540 g/mol. The van der Waals surface area contributed by atoms with Gasteiger partial charge in [-0.2, -0.15) is 0 Å². The van der Waals surface area contributed by atoms with Crippen LogP contribution in [0.2, 0.25) is 0 Å². The number of carbonyl (C=O) groups excluding carboxylic acids is 2. The molecule has 6 rings (SSSR count). The molecule has 3 aromatic carbocycles. The third-order valence-corrected chi connectivity index (χ3v) is 8.91. The molecule has 1 fully saturated rings. The molecule has 226 valence electrons. The summed E-state index contributed by atoms with van der Waals surface area (Å²) in [6, 6.07) is 21.8. The maximum absolute atomic E-state index is 14.1. The van der Waals surface area contributed by atoms with Gasteiger partial charge in [0.15, 0.2) is 11.5 Å². The average molecular weight is 583 g/mol. The van der Waals surface area contributed by atoms with Gasteiger partial charge in [0.2, 0.25) is 5.91 Å². The molecule has 8 heteroatoms. The highest BCUT2D eigenvalue weighted by molar-refractivity contribution is 6.01. The van der Waals surface area contributed by atoms with Gasteiger partial charge < -0.3 is 19.7 Å². The standard InChI is InChI=1S/C35H42N4O4/c1-3-42-30-22-26-14-16-39-33(29(26)23-31(30)43-4-2)32(27-12-8-9-13-28(27)35(39)41)34(40)36-15-17-37-18-20-38(21-19-37)24-25-10-6-5-7-11-25/h5-13,22-23,32-33H,3-4,14-21,24H2,1-2H3,(H,36,40)/t32-,33-/m1/s1. The van der Waals surface area contributed by atoms with Crippen LogP contribution >= 0.6 is 0 Å². The molecule has 0 unspecified atom stereocenters. The van der Waals surface area contributed by atoms with E-state index >= 15 is 0 Å². The molecule has 1 saturated heterocycles. The van der Waals surface area contributed by atoms with Crippen molar-refractivity contribution in [3.05, 3.63) is 94.5 Å². The van der Waals surface area contributed by atoms with E-state index in [9.17, 15) is 9.59 Å². The van der Waals surface area contributed by atoms with E-state index in [2.05, 4.69) is 45.4 Å². The number of ether oxygens (including phenoxy) is 2. The minimum atomic E-state index is -0.511. The fraction of sp³-hybridized carbons (Fsp3) is 0.429. The summed E-state index contributed by atoms with van der Waals surface area (Å²) in [6.45, 7) is 11.8. The summed E-state index contributed by atoms with van der Waals surface area (Å²) in [7, 11) is 0. The van der Waals surface area contributed by atoms with Crippen LogP contribution in [0.1, 0.15) is 58.4 Å². The molecule has 3 aromatic rings. The van der Waals surface area contributed by atoms with Gasteiger partial charge >= 0.3 is 0 Å². The molecule has 2 atom stereocenters. The van der Waals surface area contributed by atoms with Gasteiger partial charge in [0, 0.05) is 57.9 Å². The van der Waals surface area contributed by atoms with E-state index in [4.69, 9.17) is 9.47 Å². The minimum Gasteiger partial charge on any atom is -0.490 e. The third-order valence-electron chi connectivity index (χ3n) is 8.91. The smallest absolute Gasteiger partial charge is 0.254 e. The Bertz CT molecular complexity index is 1440. The number of nitrogens with zero attached hydrogens (tertiary/aromatic N) is 3. The zero-order chi connectivity index (χ0) is 29.8. The Kier molecular flexibility index (Phi) is 8.95. The van der Waals surface area contributed by atoms with Gasteiger partial charge in [-0.3, -0.25) is 19.4 Å². The Morgan fingerprint density at radius 2 is 1.51 bits per heavy atom. The summed E-state index contributed by atoms with van der Waals surface area (Å²) >= 11 is 0. The third kappa shape index (κ3) is 6.12. The van der Waals surface area contributed by atoms with Gasteiger partial charge in [-0.1, -0.05) is 48.5 Å². The highest BCUT2D eigenvalue weighted by Crippen LogP contribution is 2.48. The SMILES string of the molecule is CCOc1cc2c(cc1OCC)[C@@H]1[C@H](C(=O)NCCN3CCN(Cc4ccccc4)CC3)c3ccccc3C(=O)N1CC2. The van der Waals surface area contributed by atoms with E-state index in [0.29, 0.717) is 49.8 Å². The van der Waals surface area contributed by atoms with E-state index in [1.165, 1.54) is 5.56 Å². The van der Waals surface area contributed by atoms with Crippen molar-refractivity contribution in [2.24, 2.45) is 0 Å². The predicted molar refractivity (Wildman–Crippen MR) is 167 cm³/mol. The van der Waals surface area contributed by atoms with Crippen molar-refractivity contribution in [2.45, 2.75) is 38.8 Å². The van der Waals surface area contributed by atoms with Crippen molar-refractivity contribution < 1.29 is 19.1 Å². The highest BCUT2D eigenvalue weighted by Gasteiger charge is 2.46. The average Bonchev–Trinajstić information content (AvgIpc) is 3.03. The molecule has 0 spiro atoms. The normalized spacial score (nSPS) is 20.1. The molecule has 8 nitrogen and oxygen atoms in total. The van der Waals surface area contributed by atoms with Gasteiger partial charge in [0.1, 0.15) is 0 Å². The van der Waals surface area contributed by atoms with Crippen molar-refractivity contribution in [1.29, 1.82) is 0 Å². The van der Waals surface area contributed by atoms with Crippen LogP contribution in [0.4, 0.5) is 0 Å². The van der Waals surface area contributed by atoms with Crippen LogP contribution in [-0.2, 0) is 17.8 Å². The first-order valence-electron chi connectivity index (χ1n) is 15.7. The molecule has 0 aliphatic carbocycles. The van der Waals surface area contributed by atoms with Crippen molar-refractivity contribution in [3.8, 4) is 11.5 Å². The first kappa shape index (κ1) is 29.2. The van der Waals surface area contributed by atoms with Crippen LogP contribution in [0.25, 0.3) is 0 Å². The number of benzene rings is 3. The van der Waals surface area contributed by atoms with Crippen molar-refractivity contribution in [3.63, 3.8) is 0 Å². The molecule has 3 heterocycles. The van der Waals surface area contributed by atoms with E-state index in [1.807, 2.05) is 55.1 Å². The molecule has 0 radical (unpaired) electrons. The maximum atomic E-state index is 14.1. The number of nitrogens with one attached hydrogen (secondary N) is 1. The predicted octanol–water partition coefficient (Wildman–Crippen LogP) is 4.25. The Labute approximate surface area is 254 Å². The second-order valence-corrected chi connectivity index (χ2v) is 11.5. The lowest BCUT2D eigenvalue weighted by Gasteiger charge is -2.45. The van der Waals surface area contributed by atoms with Gasteiger partial charge in [0.05, 0.1) is 25.2 Å². The van der Waals surface area contributed by atoms with Crippen LogP contribution in [-0.4, -0.2) is 85.5 Å². The number of hydrogen-bond acceptors (Lipinski definition) is 6. The number of hydrogen-bond donors (Lipinski definition) is 1. The Morgan fingerprint density at radius 3 is 2.26 bits per heavy atom. The van der Waals surface area contributed by atoms with Crippen molar-refractivity contribution in [2.75, 3.05) is 59.0 Å². The maximum Gasteiger partial charge on any atom is 0.254 e. The van der Waals surface area contributed by atoms with Gasteiger partial charge in [-0.05, 0) is 60.7 Å². The second-order valence-electron chi connectivity index (χ2n) is 11.5. The van der Waals surface area contributed by atoms with E-state index < -0.39 is 12.0 Å². The summed E-state index contributed by atoms with van der Waals surface area (Å²) < 4.78 is 11.9. The highest BCUT2D eigenvalue weighted by atomic mass is 16.5. The molecule has 3 aliphatic rings. The fourth-order valence-corrected chi connectivity index (χ4v) is 6.81. The summed E-state index contributed by atoms with van der Waals surface area (Å²) in [5, 5.41) is 3.25. The fourth-order valence-electron chi connectivity index (χ4n) is 6.81. The summed E-state index contributed by atoms with van der Waals surface area (Å²) in [6.07, 6.45) is 0.705. The Balaban J connectivity index is 1.18. The second kappa shape index (κ2) is 13.2. The number of carbonyl (C=O) groups is 2. The Morgan fingerprint density at radius 1 is 0.837 bits per heavy atom. The van der Waals surface area contributed by atoms with Gasteiger partial charge in [-0.25, -0.2) is 0 Å². The van der Waals surface area contributed by atoms with E-state index in [0.717, 1.165) is 56.0 Å². The van der Waals surface area contributed by atoms with Crippen molar-refractivity contribution >= 4 is 11.8 Å². The Hall–Kier alpha value is -3.88. The molecule has 43 heavy (non-hydrogen) atoms. The zero-order valence-electron chi connectivity index (χ0n) is 25.3. The lowest BCUT2D eigenvalue weighted by Crippen LogP contribution is -2.51. The minimum absolute atomic E-state index is 0.0180. The lowest BCUT2D eigenvalue weighted by molar-refractivity contribution is -0.124. The van der Waals surface area contributed by atoms with Gasteiger partial charge in [-0.15, -0.1) is 0 Å². The van der Waals surface area contributed by atoms with E-state index in [-0.39, 0.29) is 11.8 Å². The van der Waals surface area contributed by atoms with Crippen LogP contribution in [0.3, 0.4) is 0 Å². The number of rotatable bonds is 10. The molecule has 2 amide bonds.